The lowest BCUT2D eigenvalue weighted by Crippen LogP contribution is -2.66. The van der Waals surface area contributed by atoms with Crippen molar-refractivity contribution in [2.75, 3.05) is 6.61 Å². The first-order valence-electron chi connectivity index (χ1n) is 9.82. The van der Waals surface area contributed by atoms with Gasteiger partial charge in [0.2, 0.25) is 0 Å². The maximum atomic E-state index is 12.8. The van der Waals surface area contributed by atoms with Crippen LogP contribution >= 0.6 is 0 Å². The molecule has 0 saturated heterocycles. The normalized spacial score (nSPS) is 50.4. The number of rotatable bonds is 1. The molecule has 1 fully saturated rings. The van der Waals surface area contributed by atoms with Gasteiger partial charge < -0.3 is 15.3 Å². The highest BCUT2D eigenvalue weighted by atomic mass is 16.3. The number of ketones is 1. The third-order valence-electron chi connectivity index (χ3n) is 7.66. The quantitative estimate of drug-likeness (QED) is 0.612. The fourth-order valence-corrected chi connectivity index (χ4v) is 6.67. The number of carbonyl (C=O) groups excluding carboxylic acids is 1. The van der Waals surface area contributed by atoms with Crippen molar-refractivity contribution in [2.45, 2.75) is 69.7 Å². The number of nitrogens with zero attached hydrogens (tertiary/aromatic N) is 2. The molecule has 3 aliphatic carbocycles. The molecule has 1 saturated carbocycles. The van der Waals surface area contributed by atoms with Crippen LogP contribution in [0.3, 0.4) is 0 Å². The first-order chi connectivity index (χ1) is 12.4. The Balaban J connectivity index is 1.96. The topological polar surface area (TPSA) is 102 Å². The van der Waals surface area contributed by atoms with Crippen LogP contribution in [0.4, 0.5) is 0 Å². The molecule has 0 spiro atoms. The molecule has 148 valence electrons. The van der Waals surface area contributed by atoms with E-state index in [1.165, 1.54) is 0 Å². The van der Waals surface area contributed by atoms with Gasteiger partial charge in [0.15, 0.2) is 5.78 Å². The Morgan fingerprint density at radius 2 is 1.85 bits per heavy atom. The van der Waals surface area contributed by atoms with Crippen molar-refractivity contribution >= 4 is 5.78 Å². The van der Waals surface area contributed by atoms with Gasteiger partial charge in [-0.05, 0) is 51.2 Å². The van der Waals surface area contributed by atoms with Crippen LogP contribution in [0, 0.1) is 23.7 Å². The van der Waals surface area contributed by atoms with Gasteiger partial charge in [0.1, 0.15) is 5.60 Å². The van der Waals surface area contributed by atoms with Crippen LogP contribution in [-0.4, -0.2) is 50.0 Å². The molecule has 6 nitrogen and oxygen atoms in total. The van der Waals surface area contributed by atoms with E-state index in [9.17, 15) is 20.1 Å². The van der Waals surface area contributed by atoms with Crippen LogP contribution in [0.1, 0.15) is 47.5 Å². The first-order valence-corrected chi connectivity index (χ1v) is 9.82. The van der Waals surface area contributed by atoms with E-state index < -0.39 is 28.2 Å². The van der Waals surface area contributed by atoms with Crippen LogP contribution in [-0.2, 0) is 4.79 Å². The predicted molar refractivity (Wildman–Crippen MR) is 100 cm³/mol. The van der Waals surface area contributed by atoms with Crippen LogP contribution in [0.25, 0.3) is 0 Å². The molecule has 0 aromatic rings. The molecule has 3 N–H and O–H groups in total. The summed E-state index contributed by atoms with van der Waals surface area (Å²) in [6.45, 7) is 9.54. The van der Waals surface area contributed by atoms with E-state index in [4.69, 9.17) is 0 Å². The number of hydrogen-bond donors (Lipinski definition) is 3. The van der Waals surface area contributed by atoms with Gasteiger partial charge in [-0.15, -0.1) is 0 Å². The van der Waals surface area contributed by atoms with Gasteiger partial charge in [0.05, 0.1) is 23.3 Å². The first kappa shape index (κ1) is 19.0. The number of azo groups is 1. The van der Waals surface area contributed by atoms with E-state index in [1.54, 1.807) is 13.0 Å². The summed E-state index contributed by atoms with van der Waals surface area (Å²) in [7, 11) is 0. The monoisotopic (exact) mass is 374 g/mol. The van der Waals surface area contributed by atoms with Crippen molar-refractivity contribution < 1.29 is 20.1 Å². The minimum Gasteiger partial charge on any atom is -0.392 e. The van der Waals surface area contributed by atoms with E-state index in [0.717, 1.165) is 0 Å². The number of Topliss-reactive ketones (excluding diaryl/α,β-unsaturated/α-hetero) is 1. The lowest BCUT2D eigenvalue weighted by Gasteiger charge is -2.57. The molecule has 0 aromatic heterocycles. The number of carbonyl (C=O) groups is 1. The van der Waals surface area contributed by atoms with Gasteiger partial charge >= 0.3 is 0 Å². The molecule has 0 bridgehead atoms. The number of aliphatic hydroxyl groups is 3. The van der Waals surface area contributed by atoms with Crippen molar-refractivity contribution in [3.05, 3.63) is 23.3 Å². The summed E-state index contributed by atoms with van der Waals surface area (Å²) in [6.07, 6.45) is 4.33. The van der Waals surface area contributed by atoms with Gasteiger partial charge in [-0.2, -0.15) is 10.2 Å². The number of fused-ring (bicyclic) bond motifs is 5. The fraction of sp³-hybridized carbons (Fsp3) is 0.762. The average molecular weight is 374 g/mol. The fourth-order valence-electron chi connectivity index (χ4n) is 6.67. The standard InChI is InChI=1S/C21H30N2O4/c1-11-6-15-20(26,17(11)25)9-13(10-24)7-14-16-18(3,4)22-23-19(16,5)8-12(2)21(14,15)27/h6-7,12,14-16,24,26-27H,8-10H2,1-5H3/t12-,14+,15-,16-,19-,20-,21-/m1/s1. The third-order valence-corrected chi connectivity index (χ3v) is 7.66. The van der Waals surface area contributed by atoms with Crippen LogP contribution in [0.15, 0.2) is 33.5 Å². The minimum absolute atomic E-state index is 0.0461. The molecule has 0 radical (unpaired) electrons. The van der Waals surface area contributed by atoms with Crippen LogP contribution in [0.2, 0.25) is 0 Å². The summed E-state index contributed by atoms with van der Waals surface area (Å²) in [5.41, 5.74) is -2.83. The second kappa shape index (κ2) is 5.37. The minimum atomic E-state index is -1.71. The second-order valence-electron chi connectivity index (χ2n) is 9.95. The van der Waals surface area contributed by atoms with E-state index >= 15 is 0 Å². The van der Waals surface area contributed by atoms with Gasteiger partial charge in [0, 0.05) is 24.2 Å². The smallest absolute Gasteiger partial charge is 0.190 e. The van der Waals surface area contributed by atoms with Crippen LogP contribution < -0.4 is 0 Å². The largest absolute Gasteiger partial charge is 0.392 e. The molecular formula is C21H30N2O4. The second-order valence-corrected chi connectivity index (χ2v) is 9.95. The molecule has 27 heavy (non-hydrogen) atoms. The summed E-state index contributed by atoms with van der Waals surface area (Å²) >= 11 is 0. The van der Waals surface area contributed by atoms with Crippen LogP contribution in [0.5, 0.6) is 0 Å². The van der Waals surface area contributed by atoms with E-state index in [0.29, 0.717) is 17.6 Å². The molecular weight excluding hydrogens is 344 g/mol. The van der Waals surface area contributed by atoms with Crippen molar-refractivity contribution in [1.29, 1.82) is 0 Å². The highest BCUT2D eigenvalue weighted by Gasteiger charge is 2.70. The lowest BCUT2D eigenvalue weighted by atomic mass is 9.50. The highest BCUT2D eigenvalue weighted by Crippen LogP contribution is 2.62. The van der Waals surface area contributed by atoms with E-state index in [2.05, 4.69) is 17.2 Å². The maximum absolute atomic E-state index is 12.8. The molecule has 1 aliphatic heterocycles. The molecule has 0 unspecified atom stereocenters. The Kier molecular flexibility index (Phi) is 3.77. The molecule has 4 aliphatic rings. The molecule has 1 heterocycles. The Bertz CT molecular complexity index is 800. The summed E-state index contributed by atoms with van der Waals surface area (Å²) in [5, 5.41) is 42.7. The lowest BCUT2D eigenvalue weighted by molar-refractivity contribution is -0.185. The highest BCUT2D eigenvalue weighted by molar-refractivity contribution is 6.04. The Labute approximate surface area is 160 Å². The zero-order chi connectivity index (χ0) is 20.0. The number of hydrogen-bond acceptors (Lipinski definition) is 6. The van der Waals surface area contributed by atoms with Crippen molar-refractivity contribution in [3.63, 3.8) is 0 Å². The van der Waals surface area contributed by atoms with Gasteiger partial charge in [0.25, 0.3) is 0 Å². The average Bonchev–Trinajstić information content (AvgIpc) is 2.91. The SMILES string of the molecule is CC1=C[C@H]2[C@@]3(O)[C@H](C)C[C@@]4(C)N=NC(C)(C)[C@H]4[C@@H]3C=C(CO)C[C@]2(O)C1=O. The summed E-state index contributed by atoms with van der Waals surface area (Å²) in [4.78, 5) is 12.8. The van der Waals surface area contributed by atoms with Crippen molar-refractivity contribution in [1.82, 2.24) is 0 Å². The van der Waals surface area contributed by atoms with Gasteiger partial charge in [-0.1, -0.05) is 19.1 Å². The van der Waals surface area contributed by atoms with Gasteiger partial charge in [-0.3, -0.25) is 4.79 Å². The van der Waals surface area contributed by atoms with Crippen molar-refractivity contribution in [3.8, 4) is 0 Å². The summed E-state index contributed by atoms with van der Waals surface area (Å²) in [6, 6.07) is 0. The summed E-state index contributed by atoms with van der Waals surface area (Å²) < 4.78 is 0. The van der Waals surface area contributed by atoms with E-state index in [1.807, 2.05) is 26.8 Å². The Hall–Kier alpha value is -1.37. The molecule has 0 amide bonds. The van der Waals surface area contributed by atoms with Gasteiger partial charge in [-0.25, -0.2) is 0 Å². The molecule has 0 aromatic carbocycles. The Morgan fingerprint density at radius 1 is 1.19 bits per heavy atom. The third kappa shape index (κ3) is 2.21. The van der Waals surface area contributed by atoms with Crippen molar-refractivity contribution in [2.24, 2.45) is 33.9 Å². The number of aliphatic hydroxyl groups excluding tert-OH is 1. The molecule has 7 atom stereocenters. The maximum Gasteiger partial charge on any atom is 0.190 e. The zero-order valence-electron chi connectivity index (χ0n) is 16.7. The van der Waals surface area contributed by atoms with E-state index in [-0.39, 0.29) is 36.6 Å². The summed E-state index contributed by atoms with van der Waals surface area (Å²) in [5.74, 6) is -1.70. The Morgan fingerprint density at radius 3 is 2.48 bits per heavy atom. The predicted octanol–water partition coefficient (Wildman–Crippen LogP) is 2.19. The zero-order valence-corrected chi connectivity index (χ0v) is 16.7. The molecule has 6 heteroatoms. The molecule has 4 rings (SSSR count).